The zero-order chi connectivity index (χ0) is 21.2. The van der Waals surface area contributed by atoms with Gasteiger partial charge >= 0.3 is 0 Å². The lowest BCUT2D eigenvalue weighted by Crippen LogP contribution is -2.37. The van der Waals surface area contributed by atoms with Crippen LogP contribution in [-0.4, -0.2) is 34.2 Å². The molecular weight excluding hydrogens is 404 g/mol. The number of thiocarbonyl (C=S) groups is 1. The van der Waals surface area contributed by atoms with Gasteiger partial charge in [0.2, 0.25) is 5.95 Å². The third-order valence-corrected chi connectivity index (χ3v) is 6.98. The van der Waals surface area contributed by atoms with E-state index in [9.17, 15) is 0 Å². The summed E-state index contributed by atoms with van der Waals surface area (Å²) in [4.78, 5) is 14.5. The fourth-order valence-corrected chi connectivity index (χ4v) is 5.35. The number of benzene rings is 1. The Morgan fingerprint density at radius 3 is 2.32 bits per heavy atom. The predicted molar refractivity (Wildman–Crippen MR) is 131 cm³/mol. The van der Waals surface area contributed by atoms with E-state index in [0.29, 0.717) is 23.0 Å². The third kappa shape index (κ3) is 4.76. The van der Waals surface area contributed by atoms with Crippen LogP contribution in [0.25, 0.3) is 0 Å². The summed E-state index contributed by atoms with van der Waals surface area (Å²) in [6, 6.07) is 11.3. The van der Waals surface area contributed by atoms with Crippen LogP contribution in [-0.2, 0) is 13.1 Å². The van der Waals surface area contributed by atoms with Gasteiger partial charge in [-0.3, -0.25) is 0 Å². The first-order chi connectivity index (χ1) is 15.1. The lowest BCUT2D eigenvalue weighted by Gasteiger charge is -2.32. The van der Waals surface area contributed by atoms with Crippen molar-refractivity contribution >= 4 is 34.9 Å². The van der Waals surface area contributed by atoms with E-state index in [1.54, 1.807) is 0 Å². The van der Waals surface area contributed by atoms with Crippen molar-refractivity contribution in [3.05, 3.63) is 41.5 Å². The van der Waals surface area contributed by atoms with E-state index in [2.05, 4.69) is 57.7 Å². The molecule has 2 N–H and O–H groups in total. The molecule has 1 aliphatic carbocycles. The molecule has 1 aromatic heterocycles. The summed E-state index contributed by atoms with van der Waals surface area (Å²) in [7, 11) is 0. The number of anilines is 3. The van der Waals surface area contributed by atoms with E-state index in [1.807, 2.05) is 0 Å². The number of piperidine rings is 1. The Balaban J connectivity index is 1.39. The van der Waals surface area contributed by atoms with E-state index < -0.39 is 0 Å². The van der Waals surface area contributed by atoms with Gasteiger partial charge in [-0.05, 0) is 54.9 Å². The molecule has 0 bridgehead atoms. The Bertz CT molecular complexity index is 916. The summed E-state index contributed by atoms with van der Waals surface area (Å²) in [6.07, 6.45) is 7.42. The number of rotatable bonds is 4. The maximum Gasteiger partial charge on any atom is 0.232 e. The fraction of sp³-hybridized carbons (Fsp3) is 0.542. The summed E-state index contributed by atoms with van der Waals surface area (Å²) >= 11 is 5.60. The minimum absolute atomic E-state index is 0.471. The average molecular weight is 437 g/mol. The Hall–Kier alpha value is -2.41. The van der Waals surface area contributed by atoms with Crippen LogP contribution in [0.1, 0.15) is 56.6 Å². The molecule has 7 heteroatoms. The first kappa shape index (κ1) is 20.5. The normalized spacial score (nSPS) is 21.3. The molecule has 3 heterocycles. The highest BCUT2D eigenvalue weighted by atomic mass is 32.1. The van der Waals surface area contributed by atoms with Crippen LogP contribution in [0.5, 0.6) is 0 Å². The number of aromatic nitrogens is 2. The summed E-state index contributed by atoms with van der Waals surface area (Å²) < 4.78 is 0. The lowest BCUT2D eigenvalue weighted by atomic mass is 10.0. The highest BCUT2D eigenvalue weighted by Crippen LogP contribution is 2.31. The van der Waals surface area contributed by atoms with Gasteiger partial charge in [-0.25, -0.2) is 0 Å². The highest BCUT2D eigenvalue weighted by molar-refractivity contribution is 7.80. The molecule has 3 aliphatic rings. The quantitative estimate of drug-likeness (QED) is 0.686. The molecule has 5 rings (SSSR count). The molecule has 2 fully saturated rings. The maximum absolute atomic E-state index is 5.60. The van der Waals surface area contributed by atoms with E-state index in [4.69, 9.17) is 22.2 Å². The summed E-state index contributed by atoms with van der Waals surface area (Å²) in [5.74, 6) is 3.24. The molecule has 0 amide bonds. The molecule has 1 atom stereocenters. The van der Waals surface area contributed by atoms with Crippen molar-refractivity contribution in [3.8, 4) is 0 Å². The number of hydrogen-bond donors (Lipinski definition) is 2. The van der Waals surface area contributed by atoms with Crippen LogP contribution in [0.4, 0.5) is 17.6 Å². The summed E-state index contributed by atoms with van der Waals surface area (Å²) in [5, 5.41) is 7.37. The Kier molecular flexibility index (Phi) is 5.94. The second-order valence-corrected chi connectivity index (χ2v) is 9.71. The molecular formula is C24H32N6S. The van der Waals surface area contributed by atoms with Crippen molar-refractivity contribution in [2.45, 2.75) is 64.6 Å². The smallest absolute Gasteiger partial charge is 0.232 e. The monoisotopic (exact) mass is 436 g/mol. The molecule has 164 valence electrons. The van der Waals surface area contributed by atoms with Crippen LogP contribution in [0.3, 0.4) is 0 Å². The molecule has 1 saturated carbocycles. The van der Waals surface area contributed by atoms with Gasteiger partial charge in [0.25, 0.3) is 0 Å². The predicted octanol–water partition coefficient (Wildman–Crippen LogP) is 4.46. The maximum atomic E-state index is 5.60. The number of fused-ring (bicyclic) bond motifs is 1. The molecule has 6 nitrogen and oxygen atoms in total. The first-order valence-electron chi connectivity index (χ1n) is 11.7. The second-order valence-electron chi connectivity index (χ2n) is 9.31. The molecule has 0 unspecified atom stereocenters. The van der Waals surface area contributed by atoms with Gasteiger partial charge in [0, 0.05) is 38.3 Å². The third-order valence-electron chi connectivity index (χ3n) is 6.76. The standard InChI is InChI=1S/C24H32N6S/c1-17-7-6-12-29(14-17)21-13-22(30-15-18-8-2-3-9-19(18)16-30)27-23(26-21)28-24(31)25-20-10-4-5-11-20/h2-3,8-9,13,17,20H,4-7,10-12,14-16H2,1H3,(H2,25,26,27,28,31)/t17-/m1/s1. The zero-order valence-electron chi connectivity index (χ0n) is 18.3. The van der Waals surface area contributed by atoms with Gasteiger partial charge in [-0.15, -0.1) is 0 Å². The highest BCUT2D eigenvalue weighted by Gasteiger charge is 2.24. The lowest BCUT2D eigenvalue weighted by molar-refractivity contribution is 0.444. The van der Waals surface area contributed by atoms with Crippen molar-refractivity contribution in [2.24, 2.45) is 5.92 Å². The van der Waals surface area contributed by atoms with Crippen molar-refractivity contribution in [3.63, 3.8) is 0 Å². The fourth-order valence-electron chi connectivity index (χ4n) is 5.09. The van der Waals surface area contributed by atoms with Gasteiger partial charge in [-0.2, -0.15) is 9.97 Å². The number of nitrogens with one attached hydrogen (secondary N) is 2. The van der Waals surface area contributed by atoms with Crippen molar-refractivity contribution in [1.29, 1.82) is 0 Å². The minimum atomic E-state index is 0.471. The van der Waals surface area contributed by atoms with Crippen LogP contribution in [0.15, 0.2) is 30.3 Å². The van der Waals surface area contributed by atoms with Crippen molar-refractivity contribution < 1.29 is 0 Å². The minimum Gasteiger partial charge on any atom is -0.360 e. The molecule has 1 saturated heterocycles. The van der Waals surface area contributed by atoms with Gasteiger partial charge in [-0.1, -0.05) is 44.0 Å². The topological polar surface area (TPSA) is 56.3 Å². The summed E-state index contributed by atoms with van der Waals surface area (Å²) in [6.45, 7) is 6.18. The Morgan fingerprint density at radius 1 is 0.968 bits per heavy atom. The molecule has 2 aliphatic heterocycles. The first-order valence-corrected chi connectivity index (χ1v) is 12.1. The molecule has 0 spiro atoms. The van der Waals surface area contributed by atoms with Gasteiger partial charge in [0.05, 0.1) is 0 Å². The van der Waals surface area contributed by atoms with Crippen LogP contribution >= 0.6 is 12.2 Å². The van der Waals surface area contributed by atoms with Gasteiger partial charge < -0.3 is 20.4 Å². The number of nitrogens with zero attached hydrogens (tertiary/aromatic N) is 4. The summed E-state index contributed by atoms with van der Waals surface area (Å²) in [5.41, 5.74) is 2.75. The van der Waals surface area contributed by atoms with E-state index in [1.165, 1.54) is 49.7 Å². The molecule has 1 aromatic carbocycles. The van der Waals surface area contributed by atoms with Crippen LogP contribution in [0.2, 0.25) is 0 Å². The van der Waals surface area contributed by atoms with Crippen LogP contribution in [0, 0.1) is 5.92 Å². The number of hydrogen-bond acceptors (Lipinski definition) is 5. The zero-order valence-corrected chi connectivity index (χ0v) is 19.1. The van der Waals surface area contributed by atoms with Crippen LogP contribution < -0.4 is 20.4 Å². The molecule has 31 heavy (non-hydrogen) atoms. The van der Waals surface area contributed by atoms with Crippen molar-refractivity contribution in [1.82, 2.24) is 15.3 Å². The van der Waals surface area contributed by atoms with Crippen molar-refractivity contribution in [2.75, 3.05) is 28.2 Å². The van der Waals surface area contributed by atoms with E-state index in [0.717, 1.165) is 37.8 Å². The SMILES string of the molecule is C[C@@H]1CCCN(c2cc(N3Cc4ccccc4C3)nc(NC(=S)NC3CCCC3)n2)C1. The molecule has 2 aromatic rings. The van der Waals surface area contributed by atoms with E-state index in [-0.39, 0.29) is 0 Å². The Morgan fingerprint density at radius 2 is 1.65 bits per heavy atom. The van der Waals surface area contributed by atoms with Gasteiger partial charge in [0.15, 0.2) is 5.11 Å². The molecule has 0 radical (unpaired) electrons. The Labute approximate surface area is 190 Å². The second kappa shape index (κ2) is 8.99. The van der Waals surface area contributed by atoms with E-state index >= 15 is 0 Å². The van der Waals surface area contributed by atoms with Gasteiger partial charge in [0.1, 0.15) is 11.6 Å². The average Bonchev–Trinajstić information content (AvgIpc) is 3.43. The largest absolute Gasteiger partial charge is 0.360 e.